The topological polar surface area (TPSA) is 75.7 Å². The molecule has 1 aliphatic heterocycles. The standard InChI is InChI=1S/C16H23BrN2O4S/c1-16(2,3)23-15(20)19-9-7-13(8-10-19)18-24(21,22)14-6-4-5-12(17)11-14/h4-6,11,13,18H,7-10H2,1-3H3. The SMILES string of the molecule is CC(C)(C)OC(=O)N1CCC(NS(=O)(=O)c2cccc(Br)c2)CC1. The van der Waals surface area contributed by atoms with Crippen molar-refractivity contribution in [2.45, 2.75) is 50.2 Å². The Morgan fingerprint density at radius 1 is 1.29 bits per heavy atom. The van der Waals surface area contributed by atoms with E-state index < -0.39 is 15.6 Å². The third-order valence-electron chi connectivity index (χ3n) is 3.57. The van der Waals surface area contributed by atoms with Gasteiger partial charge in [0.15, 0.2) is 0 Å². The molecule has 0 aromatic heterocycles. The fourth-order valence-electron chi connectivity index (χ4n) is 2.43. The van der Waals surface area contributed by atoms with Gasteiger partial charge in [-0.3, -0.25) is 0 Å². The van der Waals surface area contributed by atoms with Crippen LogP contribution >= 0.6 is 15.9 Å². The van der Waals surface area contributed by atoms with Crippen molar-refractivity contribution in [2.75, 3.05) is 13.1 Å². The number of benzene rings is 1. The summed E-state index contributed by atoms with van der Waals surface area (Å²) in [5, 5.41) is 0. The quantitative estimate of drug-likeness (QED) is 0.817. The van der Waals surface area contributed by atoms with Gasteiger partial charge in [0.05, 0.1) is 4.90 Å². The molecule has 1 saturated heterocycles. The molecule has 0 unspecified atom stereocenters. The van der Waals surface area contributed by atoms with Crippen molar-refractivity contribution in [3.8, 4) is 0 Å². The summed E-state index contributed by atoms with van der Waals surface area (Å²) in [6.07, 6.45) is 0.773. The number of sulfonamides is 1. The van der Waals surface area contributed by atoms with E-state index in [0.717, 1.165) is 0 Å². The monoisotopic (exact) mass is 418 g/mol. The molecule has 1 aromatic carbocycles. The molecule has 0 aliphatic carbocycles. The minimum absolute atomic E-state index is 0.187. The maximum Gasteiger partial charge on any atom is 0.410 e. The van der Waals surface area contributed by atoms with Gasteiger partial charge in [-0.1, -0.05) is 22.0 Å². The van der Waals surface area contributed by atoms with Gasteiger partial charge < -0.3 is 9.64 Å². The zero-order chi connectivity index (χ0) is 18.0. The molecule has 6 nitrogen and oxygen atoms in total. The highest BCUT2D eigenvalue weighted by atomic mass is 79.9. The van der Waals surface area contributed by atoms with Crippen LogP contribution in [0.4, 0.5) is 4.79 Å². The molecule has 1 amide bonds. The zero-order valence-corrected chi connectivity index (χ0v) is 16.5. The van der Waals surface area contributed by atoms with Crippen LogP contribution in [-0.2, 0) is 14.8 Å². The lowest BCUT2D eigenvalue weighted by Crippen LogP contribution is -2.47. The molecule has 0 atom stereocenters. The van der Waals surface area contributed by atoms with Crippen LogP contribution < -0.4 is 4.72 Å². The summed E-state index contributed by atoms with van der Waals surface area (Å²) in [7, 11) is -3.56. The van der Waals surface area contributed by atoms with E-state index in [4.69, 9.17) is 4.74 Å². The minimum atomic E-state index is -3.56. The number of hydrogen-bond donors (Lipinski definition) is 1. The Morgan fingerprint density at radius 2 is 1.92 bits per heavy atom. The van der Waals surface area contributed by atoms with Crippen LogP contribution in [0.3, 0.4) is 0 Å². The Kier molecular flexibility index (Phi) is 5.93. The van der Waals surface area contributed by atoms with Gasteiger partial charge in [-0.25, -0.2) is 17.9 Å². The second-order valence-corrected chi connectivity index (χ2v) is 9.45. The van der Waals surface area contributed by atoms with Crippen molar-refractivity contribution in [3.63, 3.8) is 0 Å². The number of likely N-dealkylation sites (tertiary alicyclic amines) is 1. The number of piperidine rings is 1. The molecule has 0 spiro atoms. The van der Waals surface area contributed by atoms with Gasteiger partial charge in [0.2, 0.25) is 10.0 Å². The third-order valence-corrected chi connectivity index (χ3v) is 5.59. The number of halogens is 1. The Bertz CT molecular complexity index is 692. The predicted molar refractivity (Wildman–Crippen MR) is 95.3 cm³/mol. The first kappa shape index (κ1) is 19.2. The first-order chi connectivity index (χ1) is 11.1. The van der Waals surface area contributed by atoms with E-state index in [2.05, 4.69) is 20.7 Å². The molecule has 1 fully saturated rings. The van der Waals surface area contributed by atoms with E-state index in [0.29, 0.717) is 30.4 Å². The van der Waals surface area contributed by atoms with Crippen LogP contribution in [0, 0.1) is 0 Å². The zero-order valence-electron chi connectivity index (χ0n) is 14.1. The van der Waals surface area contributed by atoms with E-state index in [9.17, 15) is 13.2 Å². The van der Waals surface area contributed by atoms with Gasteiger partial charge in [-0.2, -0.15) is 0 Å². The summed E-state index contributed by atoms with van der Waals surface area (Å²) in [5.74, 6) is 0. The van der Waals surface area contributed by atoms with Crippen LogP contribution in [0.2, 0.25) is 0 Å². The van der Waals surface area contributed by atoms with Gasteiger partial charge in [-0.15, -0.1) is 0 Å². The molecular formula is C16H23BrN2O4S. The number of nitrogens with zero attached hydrogens (tertiary/aromatic N) is 1. The normalized spacial score (nSPS) is 16.9. The van der Waals surface area contributed by atoms with Gasteiger partial charge in [0, 0.05) is 23.6 Å². The van der Waals surface area contributed by atoms with Crippen molar-refractivity contribution >= 4 is 32.0 Å². The van der Waals surface area contributed by atoms with E-state index in [-0.39, 0.29) is 17.0 Å². The number of rotatable bonds is 3. The Morgan fingerprint density at radius 3 is 2.46 bits per heavy atom. The molecule has 134 valence electrons. The number of carbonyl (C=O) groups is 1. The number of nitrogens with one attached hydrogen (secondary N) is 1. The predicted octanol–water partition coefficient (Wildman–Crippen LogP) is 3.13. The van der Waals surface area contributed by atoms with Crippen molar-refractivity contribution in [1.82, 2.24) is 9.62 Å². The van der Waals surface area contributed by atoms with Crippen molar-refractivity contribution in [3.05, 3.63) is 28.7 Å². The number of hydrogen-bond acceptors (Lipinski definition) is 4. The summed E-state index contributed by atoms with van der Waals surface area (Å²) in [6.45, 7) is 6.42. The maximum atomic E-state index is 12.4. The molecular weight excluding hydrogens is 396 g/mol. The first-order valence-electron chi connectivity index (χ1n) is 7.83. The third kappa shape index (κ3) is 5.46. The van der Waals surface area contributed by atoms with Crippen molar-refractivity contribution in [1.29, 1.82) is 0 Å². The molecule has 0 radical (unpaired) electrons. The Hall–Kier alpha value is -1.12. The molecule has 8 heteroatoms. The van der Waals surface area contributed by atoms with Crippen LogP contribution in [-0.4, -0.2) is 44.1 Å². The molecule has 0 bridgehead atoms. The smallest absolute Gasteiger partial charge is 0.410 e. The molecule has 24 heavy (non-hydrogen) atoms. The van der Waals surface area contributed by atoms with E-state index in [1.54, 1.807) is 29.2 Å². The maximum absolute atomic E-state index is 12.4. The molecule has 1 aliphatic rings. The highest BCUT2D eigenvalue weighted by Crippen LogP contribution is 2.19. The average Bonchev–Trinajstić information content (AvgIpc) is 2.46. The van der Waals surface area contributed by atoms with Crippen molar-refractivity contribution in [2.24, 2.45) is 0 Å². The van der Waals surface area contributed by atoms with Crippen molar-refractivity contribution < 1.29 is 17.9 Å². The second kappa shape index (κ2) is 7.41. The van der Waals surface area contributed by atoms with E-state index in [1.165, 1.54) is 0 Å². The lowest BCUT2D eigenvalue weighted by molar-refractivity contribution is 0.0203. The number of carbonyl (C=O) groups excluding carboxylic acids is 1. The highest BCUT2D eigenvalue weighted by Gasteiger charge is 2.29. The van der Waals surface area contributed by atoms with Crippen LogP contribution in [0.15, 0.2) is 33.6 Å². The Labute approximate surface area is 151 Å². The molecule has 1 aromatic rings. The van der Waals surface area contributed by atoms with E-state index in [1.807, 2.05) is 20.8 Å². The van der Waals surface area contributed by atoms with Gasteiger partial charge in [0.25, 0.3) is 0 Å². The highest BCUT2D eigenvalue weighted by molar-refractivity contribution is 9.10. The summed E-state index contributed by atoms with van der Waals surface area (Å²) >= 11 is 3.28. The molecule has 1 N–H and O–H groups in total. The summed E-state index contributed by atoms with van der Waals surface area (Å²) in [5.41, 5.74) is -0.532. The molecule has 1 heterocycles. The molecule has 0 saturated carbocycles. The molecule has 2 rings (SSSR count). The fraction of sp³-hybridized carbons (Fsp3) is 0.562. The first-order valence-corrected chi connectivity index (χ1v) is 10.1. The summed E-state index contributed by atoms with van der Waals surface area (Å²) in [4.78, 5) is 13.9. The lowest BCUT2D eigenvalue weighted by atomic mass is 10.1. The largest absolute Gasteiger partial charge is 0.444 e. The van der Waals surface area contributed by atoms with Crippen LogP contribution in [0.25, 0.3) is 0 Å². The lowest BCUT2D eigenvalue weighted by Gasteiger charge is -2.33. The summed E-state index contributed by atoms with van der Waals surface area (Å²) in [6, 6.07) is 6.40. The number of amides is 1. The Balaban J connectivity index is 1.92. The van der Waals surface area contributed by atoms with Gasteiger partial charge in [-0.05, 0) is 51.8 Å². The van der Waals surface area contributed by atoms with Crippen LogP contribution in [0.5, 0.6) is 0 Å². The summed E-state index contributed by atoms with van der Waals surface area (Å²) < 4.78 is 33.6. The second-order valence-electron chi connectivity index (χ2n) is 6.82. The number of ether oxygens (including phenoxy) is 1. The van der Waals surface area contributed by atoms with Gasteiger partial charge >= 0.3 is 6.09 Å². The average molecular weight is 419 g/mol. The van der Waals surface area contributed by atoms with Gasteiger partial charge in [0.1, 0.15) is 5.60 Å². The minimum Gasteiger partial charge on any atom is -0.444 e. The fourth-order valence-corrected chi connectivity index (χ4v) is 4.33. The van der Waals surface area contributed by atoms with Crippen LogP contribution in [0.1, 0.15) is 33.6 Å². The van der Waals surface area contributed by atoms with E-state index >= 15 is 0 Å².